The molecule has 1 saturated carbocycles. The number of halogens is 2. The summed E-state index contributed by atoms with van der Waals surface area (Å²) in [5.41, 5.74) is 1.74. The molecule has 0 unspecified atom stereocenters. The van der Waals surface area contributed by atoms with Crippen molar-refractivity contribution in [2.75, 3.05) is 0 Å². The molecule has 6 heteroatoms. The smallest absolute Gasteiger partial charge is 0.242 e. The highest BCUT2D eigenvalue weighted by Gasteiger charge is 2.28. The fourth-order valence-corrected chi connectivity index (χ4v) is 4.31. The Kier molecular flexibility index (Phi) is 8.34. The fraction of sp³-hybridized carbons (Fsp3) is 0.417. The number of nitrogens with zero attached hydrogens (tertiary/aromatic N) is 1. The average molecular weight is 492 g/mol. The molecular weight excluding hydrogens is 464 g/mol. The van der Waals surface area contributed by atoms with Crippen molar-refractivity contribution in [1.82, 2.24) is 10.2 Å². The lowest BCUT2D eigenvalue weighted by atomic mass is 9.95. The first kappa shape index (κ1) is 22.8. The zero-order valence-electron chi connectivity index (χ0n) is 17.2. The number of amides is 2. The second-order valence-corrected chi connectivity index (χ2v) is 9.26. The molecule has 0 saturated heterocycles. The van der Waals surface area contributed by atoms with Gasteiger partial charge in [-0.25, -0.2) is 0 Å². The van der Waals surface area contributed by atoms with Gasteiger partial charge in [0.25, 0.3) is 0 Å². The van der Waals surface area contributed by atoms with Crippen LogP contribution in [0.3, 0.4) is 0 Å². The van der Waals surface area contributed by atoms with E-state index < -0.39 is 6.04 Å². The van der Waals surface area contributed by atoms with E-state index in [1.165, 1.54) is 6.42 Å². The quantitative estimate of drug-likeness (QED) is 0.555. The van der Waals surface area contributed by atoms with Gasteiger partial charge in [-0.2, -0.15) is 0 Å². The monoisotopic (exact) mass is 490 g/mol. The lowest BCUT2D eigenvalue weighted by molar-refractivity contribution is -0.140. The largest absolute Gasteiger partial charge is 0.352 e. The van der Waals surface area contributed by atoms with Gasteiger partial charge < -0.3 is 10.2 Å². The standard InChI is InChI=1S/C24H28BrClN2O2/c1-17(24(30)27-21-8-3-2-4-9-21)28(16-18-11-13-20(25)14-12-18)23(29)15-19-7-5-6-10-22(19)26/h5-7,10-14,17,21H,2-4,8-9,15-16H2,1H3,(H,27,30)/t17-/m0/s1. The Morgan fingerprint density at radius 3 is 2.43 bits per heavy atom. The van der Waals surface area contributed by atoms with Crippen molar-refractivity contribution in [3.8, 4) is 0 Å². The van der Waals surface area contributed by atoms with E-state index in [4.69, 9.17) is 11.6 Å². The molecule has 1 fully saturated rings. The van der Waals surface area contributed by atoms with Gasteiger partial charge in [0.15, 0.2) is 0 Å². The minimum absolute atomic E-state index is 0.0912. The Morgan fingerprint density at radius 2 is 1.77 bits per heavy atom. The number of carbonyl (C=O) groups excluding carboxylic acids is 2. The Hall–Kier alpha value is -1.85. The first-order valence-corrected chi connectivity index (χ1v) is 11.7. The van der Waals surface area contributed by atoms with Gasteiger partial charge in [-0.15, -0.1) is 0 Å². The molecule has 160 valence electrons. The van der Waals surface area contributed by atoms with Crippen LogP contribution in [0.1, 0.15) is 50.2 Å². The average Bonchev–Trinajstić information content (AvgIpc) is 2.75. The highest BCUT2D eigenvalue weighted by Crippen LogP contribution is 2.21. The third kappa shape index (κ3) is 6.32. The SMILES string of the molecule is C[C@@H](C(=O)NC1CCCCC1)N(Cc1ccc(Br)cc1)C(=O)Cc1ccccc1Cl. The summed E-state index contributed by atoms with van der Waals surface area (Å²) in [6.07, 6.45) is 5.71. The lowest BCUT2D eigenvalue weighted by Crippen LogP contribution is -2.50. The van der Waals surface area contributed by atoms with Crippen molar-refractivity contribution in [2.24, 2.45) is 0 Å². The Labute approximate surface area is 192 Å². The molecule has 0 aliphatic heterocycles. The molecule has 0 aromatic heterocycles. The van der Waals surface area contributed by atoms with E-state index in [0.717, 1.165) is 41.3 Å². The van der Waals surface area contributed by atoms with Crippen LogP contribution in [0.25, 0.3) is 0 Å². The highest BCUT2D eigenvalue weighted by molar-refractivity contribution is 9.10. The van der Waals surface area contributed by atoms with Gasteiger partial charge >= 0.3 is 0 Å². The predicted octanol–water partition coefficient (Wildman–Crippen LogP) is 5.51. The zero-order chi connectivity index (χ0) is 21.5. The summed E-state index contributed by atoms with van der Waals surface area (Å²) in [4.78, 5) is 27.9. The molecule has 0 spiro atoms. The van der Waals surface area contributed by atoms with Gasteiger partial charge in [-0.05, 0) is 49.1 Å². The van der Waals surface area contributed by atoms with Crippen LogP contribution in [0.4, 0.5) is 0 Å². The normalized spacial score (nSPS) is 15.4. The molecule has 0 bridgehead atoms. The zero-order valence-corrected chi connectivity index (χ0v) is 19.6. The van der Waals surface area contributed by atoms with E-state index in [9.17, 15) is 9.59 Å². The van der Waals surface area contributed by atoms with Crippen molar-refractivity contribution in [2.45, 2.75) is 64.1 Å². The molecule has 3 rings (SSSR count). The van der Waals surface area contributed by atoms with Crippen molar-refractivity contribution >= 4 is 39.3 Å². The number of hydrogen-bond acceptors (Lipinski definition) is 2. The number of hydrogen-bond donors (Lipinski definition) is 1. The van der Waals surface area contributed by atoms with Gasteiger partial charge in [0.2, 0.25) is 11.8 Å². The number of carbonyl (C=O) groups is 2. The number of rotatable bonds is 7. The summed E-state index contributed by atoms with van der Waals surface area (Å²) in [5, 5.41) is 3.72. The minimum atomic E-state index is -0.564. The summed E-state index contributed by atoms with van der Waals surface area (Å²) in [6, 6.07) is 14.8. The molecule has 1 aliphatic carbocycles. The van der Waals surface area contributed by atoms with Gasteiger partial charge in [0.05, 0.1) is 6.42 Å². The summed E-state index contributed by atoms with van der Waals surface area (Å²) in [7, 11) is 0. The third-order valence-corrected chi connectivity index (χ3v) is 6.58. The van der Waals surface area contributed by atoms with Crippen LogP contribution in [0.15, 0.2) is 53.0 Å². The lowest BCUT2D eigenvalue weighted by Gasteiger charge is -2.31. The molecule has 2 amide bonds. The van der Waals surface area contributed by atoms with Crippen molar-refractivity contribution in [1.29, 1.82) is 0 Å². The molecule has 0 radical (unpaired) electrons. The van der Waals surface area contributed by atoms with Crippen LogP contribution in [0, 0.1) is 0 Å². The summed E-state index contributed by atoms with van der Waals surface area (Å²) < 4.78 is 0.975. The van der Waals surface area contributed by atoms with Crippen LogP contribution in [-0.4, -0.2) is 28.8 Å². The highest BCUT2D eigenvalue weighted by atomic mass is 79.9. The van der Waals surface area contributed by atoms with Crippen molar-refractivity contribution in [3.05, 3.63) is 69.2 Å². The predicted molar refractivity (Wildman–Crippen MR) is 124 cm³/mol. The molecule has 2 aromatic carbocycles. The molecule has 1 atom stereocenters. The maximum Gasteiger partial charge on any atom is 0.242 e. The van der Waals surface area contributed by atoms with Crippen LogP contribution in [-0.2, 0) is 22.6 Å². The van der Waals surface area contributed by atoms with Gasteiger partial charge in [-0.1, -0.05) is 77.1 Å². The van der Waals surface area contributed by atoms with Crippen LogP contribution in [0.5, 0.6) is 0 Å². The van der Waals surface area contributed by atoms with E-state index in [1.54, 1.807) is 11.0 Å². The molecule has 1 aliphatic rings. The maximum atomic E-state index is 13.3. The Balaban J connectivity index is 1.76. The van der Waals surface area contributed by atoms with E-state index >= 15 is 0 Å². The number of benzene rings is 2. The van der Waals surface area contributed by atoms with E-state index in [1.807, 2.05) is 49.4 Å². The molecule has 30 heavy (non-hydrogen) atoms. The van der Waals surface area contributed by atoms with Gasteiger partial charge in [0, 0.05) is 22.1 Å². The van der Waals surface area contributed by atoms with Crippen molar-refractivity contribution < 1.29 is 9.59 Å². The summed E-state index contributed by atoms with van der Waals surface area (Å²) in [5.74, 6) is -0.205. The molecule has 1 N–H and O–H groups in total. The van der Waals surface area contributed by atoms with Gasteiger partial charge in [0.1, 0.15) is 6.04 Å². The first-order valence-electron chi connectivity index (χ1n) is 10.5. The van der Waals surface area contributed by atoms with Crippen molar-refractivity contribution in [3.63, 3.8) is 0 Å². The fourth-order valence-electron chi connectivity index (χ4n) is 3.84. The second kappa shape index (κ2) is 11.0. The van der Waals surface area contributed by atoms with Crippen LogP contribution >= 0.6 is 27.5 Å². The Bertz CT molecular complexity index is 866. The first-order chi connectivity index (χ1) is 14.4. The molecule has 4 nitrogen and oxygen atoms in total. The second-order valence-electron chi connectivity index (χ2n) is 7.94. The van der Waals surface area contributed by atoms with E-state index in [0.29, 0.717) is 11.6 Å². The van der Waals surface area contributed by atoms with Crippen LogP contribution < -0.4 is 5.32 Å². The van der Waals surface area contributed by atoms with Gasteiger partial charge in [-0.3, -0.25) is 9.59 Å². The summed E-state index contributed by atoms with van der Waals surface area (Å²) in [6.45, 7) is 2.18. The van der Waals surface area contributed by atoms with E-state index in [2.05, 4.69) is 21.2 Å². The molecular formula is C24H28BrClN2O2. The molecule has 0 heterocycles. The molecule has 2 aromatic rings. The maximum absolute atomic E-state index is 13.3. The van der Waals surface area contributed by atoms with Crippen LogP contribution in [0.2, 0.25) is 5.02 Å². The number of nitrogens with one attached hydrogen (secondary N) is 1. The minimum Gasteiger partial charge on any atom is -0.352 e. The third-order valence-electron chi connectivity index (χ3n) is 5.68. The summed E-state index contributed by atoms with van der Waals surface area (Å²) >= 11 is 9.71. The topological polar surface area (TPSA) is 49.4 Å². The Morgan fingerprint density at radius 1 is 1.10 bits per heavy atom. The van der Waals surface area contributed by atoms with E-state index in [-0.39, 0.29) is 24.3 Å².